The van der Waals surface area contributed by atoms with Gasteiger partial charge in [-0.05, 0) is 29.8 Å². The van der Waals surface area contributed by atoms with Crippen molar-refractivity contribution in [2.24, 2.45) is 0 Å². The van der Waals surface area contributed by atoms with Gasteiger partial charge in [-0.1, -0.05) is 12.1 Å². The maximum Gasteiger partial charge on any atom is 0.164 e. The third-order valence-electron chi connectivity index (χ3n) is 3.67. The molecule has 0 unspecified atom stereocenters. The fraction of sp³-hybridized carbons (Fsp3) is 0.118. The van der Waals surface area contributed by atoms with Gasteiger partial charge in [-0.15, -0.1) is 0 Å². The van der Waals surface area contributed by atoms with Crippen LogP contribution in [0.2, 0.25) is 0 Å². The van der Waals surface area contributed by atoms with Crippen LogP contribution in [0.5, 0.6) is 5.75 Å². The molecule has 114 valence electrons. The summed E-state index contributed by atoms with van der Waals surface area (Å²) in [5, 5.41) is 0. The molecule has 3 aromatic heterocycles. The van der Waals surface area contributed by atoms with Crippen LogP contribution in [0, 0.1) is 0 Å². The fourth-order valence-electron chi connectivity index (χ4n) is 2.52. The predicted molar refractivity (Wildman–Crippen MR) is 85.1 cm³/mol. The van der Waals surface area contributed by atoms with Crippen LogP contribution in [0.25, 0.3) is 22.6 Å². The minimum absolute atomic E-state index is 0.676. The van der Waals surface area contributed by atoms with E-state index in [9.17, 15) is 0 Å². The van der Waals surface area contributed by atoms with E-state index >= 15 is 0 Å². The van der Waals surface area contributed by atoms with E-state index in [0.717, 1.165) is 22.5 Å². The van der Waals surface area contributed by atoms with E-state index in [1.165, 1.54) is 6.33 Å². The molecule has 23 heavy (non-hydrogen) atoms. The van der Waals surface area contributed by atoms with Crippen molar-refractivity contribution in [3.8, 4) is 17.2 Å². The van der Waals surface area contributed by atoms with Gasteiger partial charge in [0.1, 0.15) is 23.3 Å². The average Bonchev–Trinajstić information content (AvgIpc) is 3.26. The Morgan fingerprint density at radius 2 is 1.96 bits per heavy atom. The van der Waals surface area contributed by atoms with Crippen LogP contribution in [0.15, 0.2) is 59.7 Å². The Hall–Kier alpha value is -3.15. The molecule has 0 bridgehead atoms. The topological polar surface area (TPSA) is 66.0 Å². The second kappa shape index (κ2) is 5.57. The standard InChI is InChI=1S/C17H14N4O2/c1-22-13-6-4-12(5-7-13)9-21-11-20-16-15(14-3-2-8-23-14)18-10-19-17(16)21/h2-8,10-11H,9H2,1H3. The fourth-order valence-corrected chi connectivity index (χ4v) is 2.52. The molecular weight excluding hydrogens is 292 g/mol. The molecule has 6 nitrogen and oxygen atoms in total. The Balaban J connectivity index is 1.72. The van der Waals surface area contributed by atoms with Gasteiger partial charge in [-0.2, -0.15) is 0 Å². The van der Waals surface area contributed by atoms with Crippen LogP contribution in [-0.2, 0) is 6.54 Å². The summed E-state index contributed by atoms with van der Waals surface area (Å²) in [6.45, 7) is 0.676. The lowest BCUT2D eigenvalue weighted by Gasteiger charge is -2.05. The number of hydrogen-bond donors (Lipinski definition) is 0. The van der Waals surface area contributed by atoms with E-state index in [1.54, 1.807) is 19.7 Å². The molecule has 0 fully saturated rings. The van der Waals surface area contributed by atoms with Gasteiger partial charge in [0.2, 0.25) is 0 Å². The molecule has 0 aliphatic rings. The maximum atomic E-state index is 5.43. The Kier molecular flexibility index (Phi) is 3.27. The molecule has 0 amide bonds. The molecule has 0 aliphatic heterocycles. The van der Waals surface area contributed by atoms with Crippen molar-refractivity contribution in [3.63, 3.8) is 0 Å². The van der Waals surface area contributed by atoms with Crippen molar-refractivity contribution < 1.29 is 9.15 Å². The first-order valence-corrected chi connectivity index (χ1v) is 7.18. The summed E-state index contributed by atoms with van der Waals surface area (Å²) in [6.07, 6.45) is 4.93. The zero-order valence-electron chi connectivity index (χ0n) is 12.5. The number of hydrogen-bond acceptors (Lipinski definition) is 5. The Morgan fingerprint density at radius 3 is 2.70 bits per heavy atom. The highest BCUT2D eigenvalue weighted by Gasteiger charge is 2.13. The highest BCUT2D eigenvalue weighted by atomic mass is 16.5. The third-order valence-corrected chi connectivity index (χ3v) is 3.67. The summed E-state index contributed by atoms with van der Waals surface area (Å²) in [6, 6.07) is 11.6. The summed E-state index contributed by atoms with van der Waals surface area (Å²) >= 11 is 0. The first-order chi connectivity index (χ1) is 11.3. The first-order valence-electron chi connectivity index (χ1n) is 7.18. The highest BCUT2D eigenvalue weighted by Crippen LogP contribution is 2.24. The minimum atomic E-state index is 0.676. The van der Waals surface area contributed by atoms with E-state index in [4.69, 9.17) is 9.15 Å². The number of ether oxygens (including phenoxy) is 1. The molecule has 0 atom stereocenters. The molecule has 1 aromatic carbocycles. The third kappa shape index (κ3) is 2.44. The summed E-state index contributed by atoms with van der Waals surface area (Å²) < 4.78 is 12.6. The Morgan fingerprint density at radius 1 is 1.09 bits per heavy atom. The van der Waals surface area contributed by atoms with Crippen molar-refractivity contribution in [2.75, 3.05) is 7.11 Å². The summed E-state index contributed by atoms with van der Waals surface area (Å²) in [5.41, 5.74) is 3.36. The lowest BCUT2D eigenvalue weighted by atomic mass is 10.2. The normalized spacial score (nSPS) is 11.0. The number of benzene rings is 1. The number of furan rings is 1. The first kappa shape index (κ1) is 13.5. The molecule has 0 saturated heterocycles. The van der Waals surface area contributed by atoms with E-state index in [-0.39, 0.29) is 0 Å². The van der Waals surface area contributed by atoms with Gasteiger partial charge in [0.15, 0.2) is 11.4 Å². The zero-order chi connectivity index (χ0) is 15.6. The van der Waals surface area contributed by atoms with Crippen LogP contribution < -0.4 is 4.74 Å². The summed E-state index contributed by atoms with van der Waals surface area (Å²) in [4.78, 5) is 13.1. The molecule has 3 heterocycles. The van der Waals surface area contributed by atoms with Crippen LogP contribution in [-0.4, -0.2) is 26.6 Å². The van der Waals surface area contributed by atoms with E-state index in [1.807, 2.05) is 41.0 Å². The van der Waals surface area contributed by atoms with Crippen molar-refractivity contribution in [3.05, 3.63) is 60.9 Å². The van der Waals surface area contributed by atoms with Gasteiger partial charge in [0, 0.05) is 0 Å². The Bertz CT molecular complexity index is 927. The van der Waals surface area contributed by atoms with Crippen LogP contribution in [0.4, 0.5) is 0 Å². The summed E-state index contributed by atoms with van der Waals surface area (Å²) in [7, 11) is 1.66. The van der Waals surface area contributed by atoms with E-state index in [2.05, 4.69) is 15.0 Å². The van der Waals surface area contributed by atoms with E-state index < -0.39 is 0 Å². The van der Waals surface area contributed by atoms with Gasteiger partial charge in [-0.25, -0.2) is 15.0 Å². The number of fused-ring (bicyclic) bond motifs is 1. The molecule has 0 aliphatic carbocycles. The lowest BCUT2D eigenvalue weighted by molar-refractivity contribution is 0.414. The Labute approximate surface area is 132 Å². The predicted octanol–water partition coefficient (Wildman–Crippen LogP) is 3.14. The summed E-state index contributed by atoms with van der Waals surface area (Å²) in [5.74, 6) is 1.53. The second-order valence-corrected chi connectivity index (χ2v) is 5.09. The smallest absolute Gasteiger partial charge is 0.164 e. The number of nitrogens with zero attached hydrogens (tertiary/aromatic N) is 4. The monoisotopic (exact) mass is 306 g/mol. The lowest BCUT2D eigenvalue weighted by Crippen LogP contribution is -2.00. The molecule has 0 saturated carbocycles. The number of methoxy groups -OCH3 is 1. The van der Waals surface area contributed by atoms with Crippen molar-refractivity contribution in [1.29, 1.82) is 0 Å². The zero-order valence-corrected chi connectivity index (χ0v) is 12.5. The van der Waals surface area contributed by atoms with Crippen LogP contribution in [0.3, 0.4) is 0 Å². The largest absolute Gasteiger partial charge is 0.497 e. The number of imidazole rings is 1. The van der Waals surface area contributed by atoms with Crippen LogP contribution >= 0.6 is 0 Å². The molecule has 6 heteroatoms. The number of aromatic nitrogens is 4. The van der Waals surface area contributed by atoms with Crippen molar-refractivity contribution in [1.82, 2.24) is 19.5 Å². The van der Waals surface area contributed by atoms with Crippen molar-refractivity contribution >= 4 is 11.2 Å². The number of rotatable bonds is 4. The maximum absolute atomic E-state index is 5.43. The average molecular weight is 306 g/mol. The molecule has 4 rings (SSSR count). The van der Waals surface area contributed by atoms with Crippen LogP contribution in [0.1, 0.15) is 5.56 Å². The highest BCUT2D eigenvalue weighted by molar-refractivity contribution is 5.85. The van der Waals surface area contributed by atoms with Gasteiger partial charge in [-0.3, -0.25) is 0 Å². The quantitative estimate of drug-likeness (QED) is 0.579. The SMILES string of the molecule is COc1ccc(Cn2cnc3c(-c4ccco4)ncnc32)cc1. The molecule has 0 N–H and O–H groups in total. The minimum Gasteiger partial charge on any atom is -0.497 e. The molecule has 4 aromatic rings. The molecular formula is C17H14N4O2. The van der Waals surface area contributed by atoms with Gasteiger partial charge < -0.3 is 13.7 Å². The molecule has 0 spiro atoms. The van der Waals surface area contributed by atoms with Crippen molar-refractivity contribution in [2.45, 2.75) is 6.54 Å². The van der Waals surface area contributed by atoms with Gasteiger partial charge in [0.05, 0.1) is 26.2 Å². The van der Waals surface area contributed by atoms with Gasteiger partial charge >= 0.3 is 0 Å². The molecule has 0 radical (unpaired) electrons. The van der Waals surface area contributed by atoms with E-state index in [0.29, 0.717) is 18.0 Å². The second-order valence-electron chi connectivity index (χ2n) is 5.09. The van der Waals surface area contributed by atoms with Gasteiger partial charge in [0.25, 0.3) is 0 Å².